The number of carbonyl (C=O) groups excluding carboxylic acids is 1. The van der Waals surface area contributed by atoms with Gasteiger partial charge in [-0.3, -0.25) is 14.3 Å². The van der Waals surface area contributed by atoms with Crippen LogP contribution in [0.1, 0.15) is 59.8 Å². The average molecular weight is 368 g/mol. The lowest BCUT2D eigenvalue weighted by atomic mass is 9.81. The number of hydrogen-bond donors (Lipinski definition) is 1. The second kappa shape index (κ2) is 5.53. The van der Waals surface area contributed by atoms with Crippen LogP contribution in [0.25, 0.3) is 11.0 Å². The third kappa shape index (κ3) is 2.33. The maximum Gasteiger partial charge on any atom is 0.311 e. The predicted molar refractivity (Wildman–Crippen MR) is 98.5 cm³/mol. The Kier molecular flexibility index (Phi) is 3.42. The fraction of sp³-hybridized carbons (Fsp3) is 0.600. The van der Waals surface area contributed by atoms with Crippen LogP contribution in [0.3, 0.4) is 0 Å². The molecule has 1 aliphatic heterocycles. The number of fused-ring (bicyclic) bond motifs is 2. The predicted octanol–water partition coefficient (Wildman–Crippen LogP) is 2.48. The summed E-state index contributed by atoms with van der Waals surface area (Å²) in [6.07, 6.45) is 4.71. The highest BCUT2D eigenvalue weighted by atomic mass is 16.4. The minimum absolute atomic E-state index is 0.0641. The molecule has 2 atom stereocenters. The fourth-order valence-electron chi connectivity index (χ4n) is 5.19. The first-order chi connectivity index (χ1) is 12.9. The third-order valence-corrected chi connectivity index (χ3v) is 6.80. The molecular weight excluding hydrogens is 344 g/mol. The smallest absolute Gasteiger partial charge is 0.311 e. The molecule has 2 aromatic rings. The molecule has 2 saturated carbocycles. The van der Waals surface area contributed by atoms with E-state index in [0.29, 0.717) is 31.0 Å². The SMILES string of the molecule is Cc1nn(C)c2nc(C3CC3)cc(C(=O)N3C[C@@H]4CCC[C@@]4(C(=O)O)C3)c12. The zero-order valence-corrected chi connectivity index (χ0v) is 15.7. The summed E-state index contributed by atoms with van der Waals surface area (Å²) >= 11 is 0. The molecular formula is C20H24N4O3. The van der Waals surface area contributed by atoms with Crippen molar-refractivity contribution in [2.24, 2.45) is 18.4 Å². The van der Waals surface area contributed by atoms with E-state index in [-0.39, 0.29) is 11.8 Å². The van der Waals surface area contributed by atoms with Gasteiger partial charge in [-0.05, 0) is 44.6 Å². The van der Waals surface area contributed by atoms with Gasteiger partial charge in [-0.2, -0.15) is 5.10 Å². The molecule has 1 N–H and O–H groups in total. The Labute approximate surface area is 157 Å². The Hall–Kier alpha value is -2.44. The van der Waals surface area contributed by atoms with Crippen LogP contribution >= 0.6 is 0 Å². The van der Waals surface area contributed by atoms with E-state index < -0.39 is 11.4 Å². The summed E-state index contributed by atoms with van der Waals surface area (Å²) in [5, 5.41) is 15.1. The molecule has 0 bridgehead atoms. The van der Waals surface area contributed by atoms with Crippen LogP contribution in [0.5, 0.6) is 0 Å². The number of aryl methyl sites for hydroxylation is 2. The van der Waals surface area contributed by atoms with Crippen LogP contribution in [-0.4, -0.2) is 49.7 Å². The Bertz CT molecular complexity index is 977. The average Bonchev–Trinajstić information content (AvgIpc) is 3.20. The van der Waals surface area contributed by atoms with Crippen LogP contribution in [0.15, 0.2) is 6.07 Å². The molecule has 7 nitrogen and oxygen atoms in total. The number of rotatable bonds is 3. The van der Waals surface area contributed by atoms with Crippen molar-refractivity contribution in [2.75, 3.05) is 13.1 Å². The lowest BCUT2D eigenvalue weighted by Crippen LogP contribution is -2.37. The molecule has 2 aliphatic carbocycles. The van der Waals surface area contributed by atoms with Crippen molar-refractivity contribution in [3.05, 3.63) is 23.0 Å². The van der Waals surface area contributed by atoms with Crippen LogP contribution < -0.4 is 0 Å². The Morgan fingerprint density at radius 2 is 2.07 bits per heavy atom. The number of carboxylic acid groups (broad SMARTS) is 1. The van der Waals surface area contributed by atoms with Crippen LogP contribution in [0.4, 0.5) is 0 Å². The molecule has 0 spiro atoms. The highest BCUT2D eigenvalue weighted by Gasteiger charge is 2.56. The summed E-state index contributed by atoms with van der Waals surface area (Å²) in [5.74, 6) is -0.333. The third-order valence-electron chi connectivity index (χ3n) is 6.80. The first kappa shape index (κ1) is 16.7. The summed E-state index contributed by atoms with van der Waals surface area (Å²) in [6, 6.07) is 1.93. The van der Waals surface area contributed by atoms with Gasteiger partial charge in [0.25, 0.3) is 5.91 Å². The highest BCUT2D eigenvalue weighted by molar-refractivity contribution is 6.07. The molecule has 1 amide bonds. The highest BCUT2D eigenvalue weighted by Crippen LogP contribution is 2.49. The van der Waals surface area contributed by atoms with E-state index in [9.17, 15) is 14.7 Å². The number of likely N-dealkylation sites (tertiary alicyclic amines) is 1. The number of aromatic nitrogens is 3. The Morgan fingerprint density at radius 1 is 1.30 bits per heavy atom. The summed E-state index contributed by atoms with van der Waals surface area (Å²) in [5.41, 5.74) is 2.37. The maximum atomic E-state index is 13.5. The molecule has 2 aromatic heterocycles. The zero-order chi connectivity index (χ0) is 18.9. The molecule has 0 unspecified atom stereocenters. The number of pyridine rings is 1. The minimum atomic E-state index is -0.759. The molecule has 27 heavy (non-hydrogen) atoms. The van der Waals surface area contributed by atoms with Crippen molar-refractivity contribution in [3.63, 3.8) is 0 Å². The molecule has 3 fully saturated rings. The number of hydrogen-bond acceptors (Lipinski definition) is 4. The topological polar surface area (TPSA) is 88.3 Å². The molecule has 0 radical (unpaired) electrons. The van der Waals surface area contributed by atoms with Gasteiger partial charge in [0.05, 0.1) is 22.1 Å². The first-order valence-corrected chi connectivity index (χ1v) is 9.77. The molecule has 7 heteroatoms. The molecule has 3 aliphatic rings. The van der Waals surface area contributed by atoms with Crippen LogP contribution in [0.2, 0.25) is 0 Å². The van der Waals surface area contributed by atoms with Gasteiger partial charge >= 0.3 is 5.97 Å². The van der Waals surface area contributed by atoms with Crippen molar-refractivity contribution in [1.29, 1.82) is 0 Å². The molecule has 1 saturated heterocycles. The second-order valence-electron chi connectivity index (χ2n) is 8.51. The largest absolute Gasteiger partial charge is 0.481 e. The van der Waals surface area contributed by atoms with E-state index >= 15 is 0 Å². The number of carboxylic acids is 1. The molecule has 3 heterocycles. The Balaban J connectivity index is 1.57. The van der Waals surface area contributed by atoms with Gasteiger partial charge < -0.3 is 10.0 Å². The van der Waals surface area contributed by atoms with E-state index in [1.165, 1.54) is 0 Å². The zero-order valence-electron chi connectivity index (χ0n) is 15.7. The number of nitrogens with zero attached hydrogens (tertiary/aromatic N) is 4. The van der Waals surface area contributed by atoms with Gasteiger partial charge in [0.2, 0.25) is 0 Å². The summed E-state index contributed by atoms with van der Waals surface area (Å²) in [6.45, 7) is 2.75. The molecule has 142 valence electrons. The van der Waals surface area contributed by atoms with Crippen molar-refractivity contribution >= 4 is 22.9 Å². The van der Waals surface area contributed by atoms with Gasteiger partial charge in [-0.1, -0.05) is 6.42 Å². The second-order valence-corrected chi connectivity index (χ2v) is 8.51. The summed E-state index contributed by atoms with van der Waals surface area (Å²) in [4.78, 5) is 32.0. The van der Waals surface area contributed by atoms with Gasteiger partial charge in [0.1, 0.15) is 0 Å². The first-order valence-electron chi connectivity index (χ1n) is 9.77. The van der Waals surface area contributed by atoms with Crippen LogP contribution in [0, 0.1) is 18.3 Å². The molecule has 5 rings (SSSR count). The summed E-state index contributed by atoms with van der Waals surface area (Å²) < 4.78 is 1.74. The van der Waals surface area contributed by atoms with E-state index in [1.807, 2.05) is 20.0 Å². The quantitative estimate of drug-likeness (QED) is 0.899. The lowest BCUT2D eigenvalue weighted by molar-refractivity contribution is -0.149. The van der Waals surface area contributed by atoms with Gasteiger partial charge in [0.15, 0.2) is 5.65 Å². The van der Waals surface area contributed by atoms with Crippen molar-refractivity contribution in [1.82, 2.24) is 19.7 Å². The van der Waals surface area contributed by atoms with Gasteiger partial charge in [-0.15, -0.1) is 0 Å². The number of amides is 1. The van der Waals surface area contributed by atoms with E-state index in [2.05, 4.69) is 5.10 Å². The summed E-state index contributed by atoms with van der Waals surface area (Å²) in [7, 11) is 1.85. The molecule has 0 aromatic carbocycles. The maximum absolute atomic E-state index is 13.5. The number of carbonyl (C=O) groups is 2. The normalized spacial score (nSPS) is 27.3. The van der Waals surface area contributed by atoms with Crippen molar-refractivity contribution in [2.45, 2.75) is 44.9 Å². The minimum Gasteiger partial charge on any atom is -0.481 e. The Morgan fingerprint density at radius 3 is 2.74 bits per heavy atom. The van der Waals surface area contributed by atoms with E-state index in [1.54, 1.807) is 9.58 Å². The monoisotopic (exact) mass is 368 g/mol. The van der Waals surface area contributed by atoms with Crippen molar-refractivity contribution in [3.8, 4) is 0 Å². The van der Waals surface area contributed by atoms with Gasteiger partial charge in [-0.25, -0.2) is 4.98 Å². The van der Waals surface area contributed by atoms with Gasteiger partial charge in [0, 0.05) is 31.7 Å². The van der Waals surface area contributed by atoms with Crippen LogP contribution in [-0.2, 0) is 11.8 Å². The van der Waals surface area contributed by atoms with E-state index in [4.69, 9.17) is 4.98 Å². The number of aliphatic carboxylic acids is 1. The lowest BCUT2D eigenvalue weighted by Gasteiger charge is -2.23. The van der Waals surface area contributed by atoms with E-state index in [0.717, 1.165) is 48.1 Å². The van der Waals surface area contributed by atoms with Crippen molar-refractivity contribution < 1.29 is 14.7 Å². The fourth-order valence-corrected chi connectivity index (χ4v) is 5.19. The standard InChI is InChI=1S/C20H24N4O3/c1-11-16-14(8-15(12-5-6-12)21-17(16)23(2)22-11)18(25)24-9-13-4-3-7-20(13,10-24)19(26)27/h8,12-13H,3-7,9-10H2,1-2H3,(H,26,27)/t13-,20+/m0/s1.